The Balaban J connectivity index is 1.92. The van der Waals surface area contributed by atoms with Crippen molar-refractivity contribution in [3.8, 4) is 0 Å². The number of hydrogen-bond donors (Lipinski definition) is 1. The molecule has 98 valence electrons. The smallest absolute Gasteiger partial charge is 0.138 e. The van der Waals surface area contributed by atoms with Crippen molar-refractivity contribution < 1.29 is 0 Å². The summed E-state index contributed by atoms with van der Waals surface area (Å²) >= 11 is 1.71. The molecular weight excluding hydrogens is 258 g/mol. The molecule has 19 heavy (non-hydrogen) atoms. The van der Waals surface area contributed by atoms with Gasteiger partial charge in [-0.15, -0.1) is 11.3 Å². The van der Waals surface area contributed by atoms with Crippen molar-refractivity contribution in [3.05, 3.63) is 34.7 Å². The fourth-order valence-corrected chi connectivity index (χ4v) is 3.05. The van der Waals surface area contributed by atoms with E-state index in [9.17, 15) is 0 Å². The van der Waals surface area contributed by atoms with E-state index in [1.165, 1.54) is 10.4 Å². The maximum Gasteiger partial charge on any atom is 0.138 e. The molecule has 3 heterocycles. The Morgan fingerprint density at radius 2 is 2.16 bits per heavy atom. The average Bonchev–Trinajstić information content (AvgIpc) is 2.93. The summed E-state index contributed by atoms with van der Waals surface area (Å²) < 4.78 is 1.80. The van der Waals surface area contributed by atoms with Gasteiger partial charge >= 0.3 is 0 Å². The van der Waals surface area contributed by atoms with Gasteiger partial charge in [0.25, 0.3) is 0 Å². The van der Waals surface area contributed by atoms with Crippen molar-refractivity contribution in [1.82, 2.24) is 19.7 Å². The molecular formula is C13H15N5S. The number of fused-ring (bicyclic) bond motifs is 1. The molecule has 5 nitrogen and oxygen atoms in total. The maximum absolute atomic E-state index is 4.35. The molecule has 0 aliphatic heterocycles. The standard InChI is InChI=1S/C13H15N5S/c1-8-9(2)19-13-11(8)12(15-7-16-13)14-6-10-4-5-18(3)17-10/h4-5,7H,6H2,1-3H3,(H,14,15,16). The second-order valence-corrected chi connectivity index (χ2v) is 5.72. The lowest BCUT2D eigenvalue weighted by molar-refractivity contribution is 0.747. The van der Waals surface area contributed by atoms with Crippen molar-refractivity contribution in [2.75, 3.05) is 5.32 Å². The van der Waals surface area contributed by atoms with E-state index in [1.807, 2.05) is 19.3 Å². The second kappa shape index (κ2) is 4.62. The minimum Gasteiger partial charge on any atom is -0.364 e. The van der Waals surface area contributed by atoms with E-state index in [0.29, 0.717) is 6.54 Å². The van der Waals surface area contributed by atoms with Crippen LogP contribution in [-0.4, -0.2) is 19.7 Å². The SMILES string of the molecule is Cc1sc2ncnc(NCc3ccn(C)n3)c2c1C. The normalized spacial score (nSPS) is 11.1. The molecule has 0 radical (unpaired) electrons. The highest BCUT2D eigenvalue weighted by Crippen LogP contribution is 2.32. The number of aromatic nitrogens is 4. The summed E-state index contributed by atoms with van der Waals surface area (Å²) in [7, 11) is 1.92. The van der Waals surface area contributed by atoms with Crippen LogP contribution in [0.15, 0.2) is 18.6 Å². The van der Waals surface area contributed by atoms with Gasteiger partial charge in [0.15, 0.2) is 0 Å². The van der Waals surface area contributed by atoms with E-state index in [2.05, 4.69) is 34.2 Å². The highest BCUT2D eigenvalue weighted by molar-refractivity contribution is 7.18. The summed E-state index contributed by atoms with van der Waals surface area (Å²) in [5.41, 5.74) is 2.25. The Hall–Kier alpha value is -1.95. The number of nitrogens with zero attached hydrogens (tertiary/aromatic N) is 4. The maximum atomic E-state index is 4.35. The third kappa shape index (κ3) is 2.19. The van der Waals surface area contributed by atoms with Crippen LogP contribution in [0.3, 0.4) is 0 Å². The van der Waals surface area contributed by atoms with Crippen LogP contribution in [0.25, 0.3) is 10.2 Å². The summed E-state index contributed by atoms with van der Waals surface area (Å²) in [6.07, 6.45) is 3.55. The van der Waals surface area contributed by atoms with Gasteiger partial charge in [-0.1, -0.05) is 0 Å². The summed E-state index contributed by atoms with van der Waals surface area (Å²) in [5, 5.41) is 8.82. The minimum atomic E-state index is 0.668. The zero-order valence-corrected chi connectivity index (χ0v) is 12.0. The summed E-state index contributed by atoms with van der Waals surface area (Å²) in [6, 6.07) is 2.00. The molecule has 0 atom stereocenters. The molecule has 3 aromatic heterocycles. The number of anilines is 1. The molecule has 0 aliphatic rings. The fourth-order valence-electron chi connectivity index (χ4n) is 2.05. The number of thiophene rings is 1. The average molecular weight is 273 g/mol. The van der Waals surface area contributed by atoms with Gasteiger partial charge in [-0.2, -0.15) is 5.10 Å². The quantitative estimate of drug-likeness (QED) is 0.797. The van der Waals surface area contributed by atoms with E-state index >= 15 is 0 Å². The Morgan fingerprint density at radius 3 is 2.89 bits per heavy atom. The van der Waals surface area contributed by atoms with Crippen LogP contribution < -0.4 is 5.32 Å². The molecule has 6 heteroatoms. The first kappa shape index (κ1) is 12.1. The molecule has 3 aromatic rings. The minimum absolute atomic E-state index is 0.668. The van der Waals surface area contributed by atoms with Gasteiger partial charge in [-0.05, 0) is 25.5 Å². The lowest BCUT2D eigenvalue weighted by atomic mass is 10.2. The van der Waals surface area contributed by atoms with Gasteiger partial charge in [-0.25, -0.2) is 9.97 Å². The Bertz CT molecular complexity index is 728. The topological polar surface area (TPSA) is 55.6 Å². The molecule has 0 saturated carbocycles. The predicted molar refractivity (Wildman–Crippen MR) is 77.4 cm³/mol. The van der Waals surface area contributed by atoms with Gasteiger partial charge in [-0.3, -0.25) is 4.68 Å². The first-order chi connectivity index (χ1) is 9.15. The molecule has 0 unspecified atom stereocenters. The zero-order valence-electron chi connectivity index (χ0n) is 11.1. The number of nitrogens with one attached hydrogen (secondary N) is 1. The van der Waals surface area contributed by atoms with E-state index in [0.717, 1.165) is 21.7 Å². The van der Waals surface area contributed by atoms with Crippen LogP contribution in [0.2, 0.25) is 0 Å². The van der Waals surface area contributed by atoms with Crippen molar-refractivity contribution >= 4 is 27.4 Å². The molecule has 0 amide bonds. The fraction of sp³-hybridized carbons (Fsp3) is 0.308. The van der Waals surface area contributed by atoms with Gasteiger partial charge < -0.3 is 5.32 Å². The van der Waals surface area contributed by atoms with Crippen molar-refractivity contribution in [1.29, 1.82) is 0 Å². The monoisotopic (exact) mass is 273 g/mol. The number of hydrogen-bond acceptors (Lipinski definition) is 5. The molecule has 0 fully saturated rings. The highest BCUT2D eigenvalue weighted by atomic mass is 32.1. The van der Waals surface area contributed by atoms with Gasteiger partial charge in [0, 0.05) is 18.1 Å². The van der Waals surface area contributed by atoms with Crippen LogP contribution in [0, 0.1) is 13.8 Å². The first-order valence-corrected chi connectivity index (χ1v) is 6.90. The molecule has 1 N–H and O–H groups in total. The van der Waals surface area contributed by atoms with Crippen molar-refractivity contribution in [2.45, 2.75) is 20.4 Å². The van der Waals surface area contributed by atoms with Crippen molar-refractivity contribution in [3.63, 3.8) is 0 Å². The molecule has 0 bridgehead atoms. The summed E-state index contributed by atoms with van der Waals surface area (Å²) in [6.45, 7) is 4.90. The van der Waals surface area contributed by atoms with Crippen LogP contribution in [-0.2, 0) is 13.6 Å². The molecule has 0 aromatic carbocycles. The zero-order chi connectivity index (χ0) is 13.4. The largest absolute Gasteiger partial charge is 0.364 e. The predicted octanol–water partition coefficient (Wildman–Crippen LogP) is 2.65. The molecule has 0 saturated heterocycles. The van der Waals surface area contributed by atoms with E-state index in [-0.39, 0.29) is 0 Å². The summed E-state index contributed by atoms with van der Waals surface area (Å²) in [4.78, 5) is 11.0. The van der Waals surface area contributed by atoms with Crippen LogP contribution in [0.5, 0.6) is 0 Å². The van der Waals surface area contributed by atoms with Gasteiger partial charge in [0.2, 0.25) is 0 Å². The number of aryl methyl sites for hydroxylation is 3. The highest BCUT2D eigenvalue weighted by Gasteiger charge is 2.11. The van der Waals surface area contributed by atoms with Gasteiger partial charge in [0.05, 0.1) is 17.6 Å². The van der Waals surface area contributed by atoms with Gasteiger partial charge in [0.1, 0.15) is 17.0 Å². The van der Waals surface area contributed by atoms with Crippen LogP contribution in [0.1, 0.15) is 16.1 Å². The van der Waals surface area contributed by atoms with E-state index < -0.39 is 0 Å². The van der Waals surface area contributed by atoms with E-state index in [4.69, 9.17) is 0 Å². The van der Waals surface area contributed by atoms with E-state index in [1.54, 1.807) is 22.3 Å². The second-order valence-electron chi connectivity index (χ2n) is 4.52. The lowest BCUT2D eigenvalue weighted by Crippen LogP contribution is -2.03. The van der Waals surface area contributed by atoms with Crippen LogP contribution >= 0.6 is 11.3 Å². The van der Waals surface area contributed by atoms with Crippen LogP contribution in [0.4, 0.5) is 5.82 Å². The number of rotatable bonds is 3. The summed E-state index contributed by atoms with van der Waals surface area (Å²) in [5.74, 6) is 0.887. The molecule has 0 aliphatic carbocycles. The molecule has 3 rings (SSSR count). The Morgan fingerprint density at radius 1 is 1.32 bits per heavy atom. The molecule has 0 spiro atoms. The third-order valence-corrected chi connectivity index (χ3v) is 4.29. The lowest BCUT2D eigenvalue weighted by Gasteiger charge is -2.05. The third-order valence-electron chi connectivity index (χ3n) is 3.17. The Kier molecular flexibility index (Phi) is 2.94. The Labute approximate surface area is 115 Å². The van der Waals surface area contributed by atoms with Crippen molar-refractivity contribution in [2.24, 2.45) is 7.05 Å². The first-order valence-electron chi connectivity index (χ1n) is 6.08.